The Balaban J connectivity index is 0.00000192. The van der Waals surface area contributed by atoms with Crippen LogP contribution in [0.5, 0.6) is 5.75 Å². The maximum atomic E-state index is 12.5. The number of hydrogen-bond acceptors (Lipinski definition) is 4. The molecule has 0 aliphatic carbocycles. The first-order valence-corrected chi connectivity index (χ1v) is 7.70. The topological polar surface area (TPSA) is 54.7 Å². The fourth-order valence-corrected chi connectivity index (χ4v) is 3.04. The number of likely N-dealkylation sites (N-methyl/N-ethyl adjacent to an activating group) is 1. The van der Waals surface area contributed by atoms with Crippen molar-refractivity contribution in [3.05, 3.63) is 30.0 Å². The van der Waals surface area contributed by atoms with Crippen molar-refractivity contribution in [3.8, 4) is 5.75 Å². The lowest BCUT2D eigenvalue weighted by molar-refractivity contribution is -0.131. The number of likely N-dealkylation sites (tertiary alicyclic amines) is 1. The van der Waals surface area contributed by atoms with E-state index in [-0.39, 0.29) is 18.3 Å². The number of furan rings is 1. The van der Waals surface area contributed by atoms with Crippen LogP contribution in [-0.4, -0.2) is 44.1 Å². The summed E-state index contributed by atoms with van der Waals surface area (Å²) in [5.74, 6) is 0.922. The van der Waals surface area contributed by atoms with Gasteiger partial charge in [0, 0.05) is 36.1 Å². The summed E-state index contributed by atoms with van der Waals surface area (Å²) in [4.78, 5) is 14.5. The smallest absolute Gasteiger partial charge is 0.227 e. The van der Waals surface area contributed by atoms with E-state index in [0.29, 0.717) is 12.5 Å². The highest BCUT2D eigenvalue weighted by atomic mass is 35.5. The van der Waals surface area contributed by atoms with Crippen molar-refractivity contribution in [2.24, 2.45) is 0 Å². The number of rotatable bonds is 4. The van der Waals surface area contributed by atoms with Gasteiger partial charge >= 0.3 is 0 Å². The van der Waals surface area contributed by atoms with Crippen LogP contribution in [-0.2, 0) is 11.2 Å². The molecule has 1 atom stereocenters. The number of carbonyl (C=O) groups is 1. The van der Waals surface area contributed by atoms with E-state index in [0.717, 1.165) is 48.2 Å². The third kappa shape index (κ3) is 3.79. The van der Waals surface area contributed by atoms with E-state index in [1.807, 2.05) is 30.1 Å². The van der Waals surface area contributed by atoms with E-state index in [9.17, 15) is 4.79 Å². The zero-order valence-electron chi connectivity index (χ0n) is 13.5. The maximum absolute atomic E-state index is 12.5. The predicted octanol–water partition coefficient (Wildman–Crippen LogP) is 2.62. The second-order valence-corrected chi connectivity index (χ2v) is 5.77. The number of amides is 1. The number of ether oxygens (including phenoxy) is 1. The predicted molar refractivity (Wildman–Crippen MR) is 92.4 cm³/mol. The van der Waals surface area contributed by atoms with E-state index in [1.54, 1.807) is 13.4 Å². The molecule has 1 aromatic carbocycles. The highest BCUT2D eigenvalue weighted by molar-refractivity contribution is 5.88. The zero-order valence-corrected chi connectivity index (χ0v) is 14.3. The van der Waals surface area contributed by atoms with Crippen LogP contribution in [0, 0.1) is 0 Å². The Morgan fingerprint density at radius 3 is 3.04 bits per heavy atom. The van der Waals surface area contributed by atoms with Crippen LogP contribution in [0.1, 0.15) is 18.4 Å². The molecule has 0 radical (unpaired) electrons. The summed E-state index contributed by atoms with van der Waals surface area (Å²) in [6.45, 7) is 1.64. The Kier molecular flexibility index (Phi) is 5.91. The summed E-state index contributed by atoms with van der Waals surface area (Å²) >= 11 is 0. The van der Waals surface area contributed by atoms with Crippen molar-refractivity contribution in [2.45, 2.75) is 25.3 Å². The minimum Gasteiger partial charge on any atom is -0.497 e. The SMILES string of the molecule is CNC1CCCN(C(=O)Cc2coc3cc(OC)ccc23)C1.Cl. The second kappa shape index (κ2) is 7.70. The molecule has 0 bridgehead atoms. The number of nitrogens with zero attached hydrogens (tertiary/aromatic N) is 1. The van der Waals surface area contributed by atoms with Crippen molar-refractivity contribution in [1.82, 2.24) is 10.2 Å². The van der Waals surface area contributed by atoms with Crippen LogP contribution in [0.25, 0.3) is 11.0 Å². The Bertz CT molecular complexity index is 671. The molecule has 1 unspecified atom stereocenters. The van der Waals surface area contributed by atoms with Gasteiger partial charge in [0.05, 0.1) is 19.8 Å². The van der Waals surface area contributed by atoms with E-state index < -0.39 is 0 Å². The first-order valence-electron chi connectivity index (χ1n) is 7.70. The number of carbonyl (C=O) groups excluding carboxylic acids is 1. The molecule has 3 rings (SSSR count). The van der Waals surface area contributed by atoms with Gasteiger partial charge in [-0.15, -0.1) is 12.4 Å². The molecule has 1 N–H and O–H groups in total. The summed E-state index contributed by atoms with van der Waals surface area (Å²) in [7, 11) is 3.58. The number of piperidine rings is 1. The normalized spacial score (nSPS) is 17.8. The third-order valence-corrected chi connectivity index (χ3v) is 4.39. The van der Waals surface area contributed by atoms with Gasteiger partial charge in [-0.1, -0.05) is 0 Å². The molecule has 6 heteroatoms. The van der Waals surface area contributed by atoms with Gasteiger partial charge in [0.2, 0.25) is 5.91 Å². The third-order valence-electron chi connectivity index (χ3n) is 4.39. The fraction of sp³-hybridized carbons (Fsp3) is 0.471. The van der Waals surface area contributed by atoms with Gasteiger partial charge in [-0.05, 0) is 32.0 Å². The zero-order chi connectivity index (χ0) is 15.5. The lowest BCUT2D eigenvalue weighted by Gasteiger charge is -2.32. The molecule has 126 valence electrons. The van der Waals surface area contributed by atoms with Crippen LogP contribution >= 0.6 is 12.4 Å². The molecule has 2 aromatic rings. The quantitative estimate of drug-likeness (QED) is 0.931. The van der Waals surface area contributed by atoms with Gasteiger partial charge in [-0.25, -0.2) is 0 Å². The Morgan fingerprint density at radius 1 is 1.48 bits per heavy atom. The lowest BCUT2D eigenvalue weighted by atomic mass is 10.0. The summed E-state index contributed by atoms with van der Waals surface area (Å²) in [6, 6.07) is 6.10. The van der Waals surface area contributed by atoms with Gasteiger partial charge in [-0.2, -0.15) is 0 Å². The number of fused-ring (bicyclic) bond motifs is 1. The van der Waals surface area contributed by atoms with Crippen molar-refractivity contribution in [1.29, 1.82) is 0 Å². The first-order chi connectivity index (χ1) is 10.7. The molecule has 1 amide bonds. The van der Waals surface area contributed by atoms with Crippen LogP contribution in [0.15, 0.2) is 28.9 Å². The van der Waals surface area contributed by atoms with Crippen LogP contribution in [0.3, 0.4) is 0 Å². The Morgan fingerprint density at radius 2 is 2.30 bits per heavy atom. The van der Waals surface area contributed by atoms with E-state index in [4.69, 9.17) is 9.15 Å². The van der Waals surface area contributed by atoms with Crippen molar-refractivity contribution in [2.75, 3.05) is 27.2 Å². The standard InChI is InChI=1S/C17H22N2O3.ClH/c1-18-13-4-3-7-19(10-13)17(20)8-12-11-22-16-9-14(21-2)5-6-15(12)16;/h5-6,9,11,13,18H,3-4,7-8,10H2,1-2H3;1H. The van der Waals surface area contributed by atoms with Gasteiger partial charge in [0.25, 0.3) is 0 Å². The molecule has 5 nitrogen and oxygen atoms in total. The van der Waals surface area contributed by atoms with Crippen LogP contribution in [0.4, 0.5) is 0 Å². The number of hydrogen-bond donors (Lipinski definition) is 1. The summed E-state index contributed by atoms with van der Waals surface area (Å²) in [5.41, 5.74) is 1.70. The molecule has 0 spiro atoms. The van der Waals surface area contributed by atoms with Gasteiger partial charge in [0.15, 0.2) is 0 Å². The molecule has 2 heterocycles. The number of halogens is 1. The van der Waals surface area contributed by atoms with E-state index >= 15 is 0 Å². The minimum absolute atomic E-state index is 0. The summed E-state index contributed by atoms with van der Waals surface area (Å²) < 4.78 is 10.7. The first kappa shape index (κ1) is 17.6. The molecule has 1 aromatic heterocycles. The van der Waals surface area contributed by atoms with Gasteiger partial charge in [-0.3, -0.25) is 4.79 Å². The largest absolute Gasteiger partial charge is 0.497 e. The van der Waals surface area contributed by atoms with Gasteiger partial charge < -0.3 is 19.4 Å². The molecule has 1 fully saturated rings. The average Bonchev–Trinajstić information content (AvgIpc) is 2.96. The molecule has 1 saturated heterocycles. The molecule has 0 saturated carbocycles. The lowest BCUT2D eigenvalue weighted by Crippen LogP contribution is -2.47. The van der Waals surface area contributed by atoms with E-state index in [1.165, 1.54) is 0 Å². The molecule has 1 aliphatic rings. The Hall–Kier alpha value is -1.72. The van der Waals surface area contributed by atoms with Gasteiger partial charge in [0.1, 0.15) is 11.3 Å². The van der Waals surface area contributed by atoms with Crippen LogP contribution in [0.2, 0.25) is 0 Å². The summed E-state index contributed by atoms with van der Waals surface area (Å²) in [6.07, 6.45) is 4.26. The van der Waals surface area contributed by atoms with Crippen molar-refractivity contribution < 1.29 is 13.9 Å². The number of methoxy groups -OCH3 is 1. The molecule has 23 heavy (non-hydrogen) atoms. The number of benzene rings is 1. The number of nitrogens with one attached hydrogen (secondary N) is 1. The minimum atomic E-state index is 0. The highest BCUT2D eigenvalue weighted by Gasteiger charge is 2.23. The summed E-state index contributed by atoms with van der Waals surface area (Å²) in [5, 5.41) is 4.25. The highest BCUT2D eigenvalue weighted by Crippen LogP contribution is 2.26. The monoisotopic (exact) mass is 338 g/mol. The van der Waals surface area contributed by atoms with E-state index in [2.05, 4.69) is 5.32 Å². The van der Waals surface area contributed by atoms with Crippen molar-refractivity contribution >= 4 is 29.3 Å². The van der Waals surface area contributed by atoms with Crippen molar-refractivity contribution in [3.63, 3.8) is 0 Å². The Labute approximate surface area is 142 Å². The maximum Gasteiger partial charge on any atom is 0.227 e. The second-order valence-electron chi connectivity index (χ2n) is 5.77. The van der Waals surface area contributed by atoms with Crippen LogP contribution < -0.4 is 10.1 Å². The average molecular weight is 339 g/mol. The molecule has 1 aliphatic heterocycles. The molecular weight excluding hydrogens is 316 g/mol. The fourth-order valence-electron chi connectivity index (χ4n) is 3.04. The molecular formula is C17H23ClN2O3.